The number of carboxylic acid groups (broad SMARTS) is 4. The van der Waals surface area contributed by atoms with Crippen LogP contribution in [0.25, 0.3) is 0 Å². The Labute approximate surface area is 274 Å². The summed E-state index contributed by atoms with van der Waals surface area (Å²) < 4.78 is 9.40. The van der Waals surface area contributed by atoms with Crippen molar-refractivity contribution in [3.05, 3.63) is 24.3 Å². The SMILES string of the molecule is C=C(CC(C(=O)O)C(=O)O)C(=O)OCC(CO)(CO)CO.C=C(CC(C(=O)O)C(=O)O)C(=O)OCC(CO)(CO)CO.[CaH2]. The van der Waals surface area contributed by atoms with Crippen molar-refractivity contribution in [1.29, 1.82) is 0 Å². The number of carbonyl (C=O) groups is 6. The molecule has 0 fully saturated rings. The second-order valence-corrected chi connectivity index (χ2v) is 9.17. The van der Waals surface area contributed by atoms with Crippen molar-refractivity contribution in [1.82, 2.24) is 0 Å². The molecular formula is C24H38CaO18. The van der Waals surface area contributed by atoms with Crippen molar-refractivity contribution in [2.45, 2.75) is 12.8 Å². The monoisotopic (exact) mass is 654 g/mol. The molecule has 0 atom stereocenters. The Morgan fingerprint density at radius 3 is 0.884 bits per heavy atom. The third-order valence-corrected chi connectivity index (χ3v) is 5.70. The minimum atomic E-state index is -1.83. The molecule has 0 aliphatic heterocycles. The first-order valence-electron chi connectivity index (χ1n) is 11.7. The molecule has 10 N–H and O–H groups in total. The van der Waals surface area contributed by atoms with Crippen LogP contribution in [0.2, 0.25) is 0 Å². The van der Waals surface area contributed by atoms with Crippen molar-refractivity contribution in [3.8, 4) is 0 Å². The van der Waals surface area contributed by atoms with Crippen molar-refractivity contribution < 1.29 is 89.3 Å². The average Bonchev–Trinajstić information content (AvgIpc) is 2.95. The van der Waals surface area contributed by atoms with Crippen molar-refractivity contribution in [3.63, 3.8) is 0 Å². The van der Waals surface area contributed by atoms with Gasteiger partial charge in [0.2, 0.25) is 0 Å². The van der Waals surface area contributed by atoms with E-state index >= 15 is 0 Å². The van der Waals surface area contributed by atoms with E-state index in [-0.39, 0.29) is 48.9 Å². The van der Waals surface area contributed by atoms with Gasteiger partial charge in [0.05, 0.1) is 50.5 Å². The van der Waals surface area contributed by atoms with Crippen LogP contribution in [0.15, 0.2) is 24.3 Å². The van der Waals surface area contributed by atoms with Crippen LogP contribution in [0.4, 0.5) is 0 Å². The molecule has 244 valence electrons. The van der Waals surface area contributed by atoms with E-state index in [0.717, 1.165) is 0 Å². The van der Waals surface area contributed by atoms with Crippen molar-refractivity contribution >= 4 is 73.6 Å². The van der Waals surface area contributed by atoms with Gasteiger partial charge in [-0.3, -0.25) is 19.2 Å². The number of carbonyl (C=O) groups excluding carboxylic acids is 2. The zero-order valence-corrected chi connectivity index (χ0v) is 22.4. The number of aliphatic hydroxyl groups excluding tert-OH is 6. The third kappa shape index (κ3) is 15.6. The standard InChI is InChI=1S/2C12H18O9.Ca.2H/c2*1-7(2-8(9(16)17)10(18)19)11(20)21-6-12(3-13,4-14)5-15;;;/h2*8,13-15H,1-6H2,(H,16,17)(H,18,19);;;. The summed E-state index contributed by atoms with van der Waals surface area (Å²) in [5.74, 6) is -12.3. The molecule has 0 radical (unpaired) electrons. The molecule has 0 spiro atoms. The Hall–Kier alpha value is -2.68. The van der Waals surface area contributed by atoms with E-state index in [4.69, 9.17) is 60.5 Å². The summed E-state index contributed by atoms with van der Waals surface area (Å²) in [7, 11) is 0. The number of ether oxygens (including phenoxy) is 2. The van der Waals surface area contributed by atoms with E-state index < -0.39 is 124 Å². The first kappa shape index (κ1) is 44.8. The zero-order chi connectivity index (χ0) is 33.3. The summed E-state index contributed by atoms with van der Waals surface area (Å²) in [6.45, 7) is 1.56. The van der Waals surface area contributed by atoms with Crippen LogP contribution in [0.5, 0.6) is 0 Å². The fourth-order valence-electron chi connectivity index (χ4n) is 2.44. The molecule has 43 heavy (non-hydrogen) atoms. The molecule has 19 heteroatoms. The summed E-state index contributed by atoms with van der Waals surface area (Å²) >= 11 is 0. The fourth-order valence-corrected chi connectivity index (χ4v) is 2.44. The Balaban J connectivity index is -0.000000727. The molecule has 0 aliphatic carbocycles. The predicted octanol–water partition coefficient (Wildman–Crippen LogP) is -4.47. The quantitative estimate of drug-likeness (QED) is 0.0256. The van der Waals surface area contributed by atoms with Crippen LogP contribution < -0.4 is 0 Å². The second-order valence-electron chi connectivity index (χ2n) is 9.17. The van der Waals surface area contributed by atoms with Gasteiger partial charge in [-0.1, -0.05) is 13.2 Å². The van der Waals surface area contributed by atoms with Crippen LogP contribution in [0.1, 0.15) is 12.8 Å². The molecule has 0 unspecified atom stereocenters. The molecule has 0 aromatic rings. The van der Waals surface area contributed by atoms with Crippen LogP contribution >= 0.6 is 0 Å². The Bertz CT molecular complexity index is 862. The Morgan fingerprint density at radius 1 is 0.512 bits per heavy atom. The van der Waals surface area contributed by atoms with Gasteiger partial charge in [0, 0.05) is 24.0 Å². The molecule has 18 nitrogen and oxygen atoms in total. The van der Waals surface area contributed by atoms with Gasteiger partial charge in [-0.25, -0.2) is 9.59 Å². The maximum absolute atomic E-state index is 11.6. The maximum atomic E-state index is 11.6. The molecule has 0 saturated heterocycles. The number of rotatable bonds is 20. The summed E-state index contributed by atoms with van der Waals surface area (Å²) in [5, 5.41) is 88.9. The summed E-state index contributed by atoms with van der Waals surface area (Å²) in [4.78, 5) is 65.9. The number of aliphatic hydroxyl groups is 6. The molecular weight excluding hydrogens is 616 g/mol. The van der Waals surface area contributed by atoms with Gasteiger partial charge in [-0.15, -0.1) is 0 Å². The van der Waals surface area contributed by atoms with Gasteiger partial charge in [0.25, 0.3) is 0 Å². The molecule has 0 amide bonds. The van der Waals surface area contributed by atoms with Gasteiger partial charge >= 0.3 is 73.6 Å². The number of aliphatic carboxylic acids is 4. The van der Waals surface area contributed by atoms with Gasteiger partial charge in [-0.2, -0.15) is 0 Å². The molecule has 0 heterocycles. The summed E-state index contributed by atoms with van der Waals surface area (Å²) in [6, 6.07) is 0. The summed E-state index contributed by atoms with van der Waals surface area (Å²) in [5.41, 5.74) is -3.64. The molecule has 0 rings (SSSR count). The van der Waals surface area contributed by atoms with Crippen LogP contribution in [-0.4, -0.2) is 177 Å². The molecule has 0 aromatic heterocycles. The van der Waals surface area contributed by atoms with E-state index in [1.165, 1.54) is 0 Å². The minimum absolute atomic E-state index is 0. The van der Waals surface area contributed by atoms with Gasteiger partial charge < -0.3 is 60.5 Å². The number of carboxylic acids is 4. The van der Waals surface area contributed by atoms with Crippen LogP contribution in [-0.2, 0) is 38.2 Å². The first-order valence-corrected chi connectivity index (χ1v) is 11.7. The van der Waals surface area contributed by atoms with E-state index in [1.807, 2.05) is 0 Å². The Kier molecular flexibility index (Phi) is 22.8. The normalized spacial score (nSPS) is 11.0. The Morgan fingerprint density at radius 2 is 0.721 bits per heavy atom. The molecule has 0 aliphatic rings. The second kappa shape index (κ2) is 21.9. The van der Waals surface area contributed by atoms with Gasteiger partial charge in [-0.05, 0) is 0 Å². The first-order chi connectivity index (χ1) is 19.4. The van der Waals surface area contributed by atoms with E-state index in [1.54, 1.807) is 0 Å². The average molecular weight is 655 g/mol. The number of hydrogen-bond donors (Lipinski definition) is 10. The molecule has 0 aromatic carbocycles. The number of hydrogen-bond acceptors (Lipinski definition) is 14. The molecule has 0 saturated carbocycles. The van der Waals surface area contributed by atoms with Gasteiger partial charge in [0.15, 0.2) is 11.8 Å². The van der Waals surface area contributed by atoms with E-state index in [2.05, 4.69) is 13.2 Å². The predicted molar refractivity (Wildman–Crippen MR) is 143 cm³/mol. The number of esters is 2. The van der Waals surface area contributed by atoms with Crippen LogP contribution in [0, 0.1) is 22.7 Å². The molecule has 0 bridgehead atoms. The fraction of sp³-hybridized carbons (Fsp3) is 0.583. The van der Waals surface area contributed by atoms with Crippen molar-refractivity contribution in [2.24, 2.45) is 22.7 Å². The van der Waals surface area contributed by atoms with Crippen molar-refractivity contribution in [2.75, 3.05) is 52.9 Å². The topological polar surface area (TPSA) is 323 Å². The van der Waals surface area contributed by atoms with Crippen LogP contribution in [0.3, 0.4) is 0 Å². The third-order valence-electron chi connectivity index (χ3n) is 5.70. The zero-order valence-electron chi connectivity index (χ0n) is 22.4. The van der Waals surface area contributed by atoms with E-state index in [0.29, 0.717) is 0 Å². The van der Waals surface area contributed by atoms with Gasteiger partial charge in [0.1, 0.15) is 13.2 Å². The van der Waals surface area contributed by atoms with E-state index in [9.17, 15) is 28.8 Å². The summed E-state index contributed by atoms with van der Waals surface area (Å²) in [6.07, 6.45) is -1.29.